The Kier molecular flexibility index (Phi) is 4.70. The Hall–Kier alpha value is -1.35. The van der Waals surface area contributed by atoms with Gasteiger partial charge < -0.3 is 5.73 Å². The number of carbonyl (C=O) groups excluding carboxylic acids is 1. The lowest BCUT2D eigenvalue weighted by Gasteiger charge is -2.16. The lowest BCUT2D eigenvalue weighted by atomic mass is 9.99. The summed E-state index contributed by atoms with van der Waals surface area (Å²) in [6.45, 7) is 7.57. The van der Waals surface area contributed by atoms with Crippen LogP contribution in [0.5, 0.6) is 0 Å². The van der Waals surface area contributed by atoms with Crippen LogP contribution in [0.2, 0.25) is 0 Å². The highest BCUT2D eigenvalue weighted by atomic mass is 16.1. The molecule has 0 aromatic heterocycles. The molecule has 0 aliphatic heterocycles. The van der Waals surface area contributed by atoms with E-state index < -0.39 is 0 Å². The highest BCUT2D eigenvalue weighted by molar-refractivity contribution is 5.75. The van der Waals surface area contributed by atoms with Crippen LogP contribution in [0.15, 0.2) is 12.1 Å². The molecule has 3 heteroatoms. The Balaban J connectivity index is 2.63. The van der Waals surface area contributed by atoms with Crippen LogP contribution in [-0.2, 0) is 11.2 Å². The van der Waals surface area contributed by atoms with Gasteiger partial charge in [0.15, 0.2) is 0 Å². The smallest absolute Gasteiger partial charge is 0.231 e. The third-order valence-electron chi connectivity index (χ3n) is 3.14. The van der Waals surface area contributed by atoms with Crippen LogP contribution in [0.4, 0.5) is 0 Å². The van der Waals surface area contributed by atoms with Crippen molar-refractivity contribution in [1.29, 1.82) is 0 Å². The van der Waals surface area contributed by atoms with Crippen LogP contribution in [0.1, 0.15) is 22.3 Å². The molecule has 0 radical (unpaired) electrons. The molecule has 0 saturated carbocycles. The zero-order valence-corrected chi connectivity index (χ0v) is 11.2. The molecule has 0 unspecified atom stereocenters. The highest BCUT2D eigenvalue weighted by Crippen LogP contribution is 2.15. The van der Waals surface area contributed by atoms with Crippen molar-refractivity contribution in [2.45, 2.75) is 27.2 Å². The van der Waals surface area contributed by atoms with Crippen molar-refractivity contribution < 1.29 is 4.79 Å². The first-order valence-electron chi connectivity index (χ1n) is 5.93. The highest BCUT2D eigenvalue weighted by Gasteiger charge is 2.05. The van der Waals surface area contributed by atoms with E-state index >= 15 is 0 Å². The molecular weight excluding hydrogens is 212 g/mol. The molecule has 0 spiro atoms. The van der Waals surface area contributed by atoms with Crippen LogP contribution >= 0.6 is 0 Å². The summed E-state index contributed by atoms with van der Waals surface area (Å²) in [5.74, 6) is -0.274. The lowest BCUT2D eigenvalue weighted by Crippen LogP contribution is -2.32. The quantitative estimate of drug-likeness (QED) is 0.840. The molecule has 0 atom stereocenters. The molecule has 0 heterocycles. The maximum atomic E-state index is 10.8. The van der Waals surface area contributed by atoms with E-state index in [-0.39, 0.29) is 5.91 Å². The fourth-order valence-electron chi connectivity index (χ4n) is 1.95. The van der Waals surface area contributed by atoms with E-state index in [1.165, 1.54) is 22.3 Å². The molecule has 1 aromatic carbocycles. The van der Waals surface area contributed by atoms with Gasteiger partial charge in [-0.3, -0.25) is 9.69 Å². The summed E-state index contributed by atoms with van der Waals surface area (Å²) in [6.07, 6.45) is 0.955. The summed E-state index contributed by atoms with van der Waals surface area (Å²) in [5, 5.41) is 0. The number of hydrogen-bond acceptors (Lipinski definition) is 2. The predicted molar refractivity (Wildman–Crippen MR) is 71.0 cm³/mol. The van der Waals surface area contributed by atoms with Gasteiger partial charge in [0, 0.05) is 6.54 Å². The molecule has 0 aliphatic rings. The third kappa shape index (κ3) is 4.19. The number of benzene rings is 1. The maximum absolute atomic E-state index is 10.8. The summed E-state index contributed by atoms with van der Waals surface area (Å²) in [6, 6.07) is 4.46. The summed E-state index contributed by atoms with van der Waals surface area (Å²) < 4.78 is 0. The monoisotopic (exact) mass is 234 g/mol. The van der Waals surface area contributed by atoms with E-state index in [1.54, 1.807) is 0 Å². The van der Waals surface area contributed by atoms with Crippen molar-refractivity contribution in [3.8, 4) is 0 Å². The second kappa shape index (κ2) is 5.82. The maximum Gasteiger partial charge on any atom is 0.231 e. The molecule has 0 bridgehead atoms. The van der Waals surface area contributed by atoms with Gasteiger partial charge in [-0.25, -0.2) is 0 Å². The van der Waals surface area contributed by atoms with Crippen molar-refractivity contribution in [3.05, 3.63) is 34.4 Å². The van der Waals surface area contributed by atoms with Crippen molar-refractivity contribution in [3.63, 3.8) is 0 Å². The number of primary amides is 1. The van der Waals surface area contributed by atoms with E-state index in [1.807, 2.05) is 11.9 Å². The number of hydrogen-bond donors (Lipinski definition) is 1. The molecule has 17 heavy (non-hydrogen) atoms. The SMILES string of the molecule is Cc1cc(C)c(CCN(C)CC(N)=O)cc1C. The molecule has 0 aliphatic carbocycles. The average molecular weight is 234 g/mol. The molecule has 94 valence electrons. The molecule has 2 N–H and O–H groups in total. The predicted octanol–water partition coefficient (Wildman–Crippen LogP) is 1.57. The van der Waals surface area contributed by atoms with Crippen LogP contribution in [0.3, 0.4) is 0 Å². The van der Waals surface area contributed by atoms with Gasteiger partial charge in [-0.05, 0) is 56.5 Å². The van der Waals surface area contributed by atoms with Gasteiger partial charge >= 0.3 is 0 Å². The van der Waals surface area contributed by atoms with Crippen LogP contribution < -0.4 is 5.73 Å². The largest absolute Gasteiger partial charge is 0.369 e. The molecule has 3 nitrogen and oxygen atoms in total. The van der Waals surface area contributed by atoms with E-state index in [4.69, 9.17) is 5.73 Å². The van der Waals surface area contributed by atoms with Gasteiger partial charge in [0.25, 0.3) is 0 Å². The van der Waals surface area contributed by atoms with Crippen LogP contribution in [0, 0.1) is 20.8 Å². The Morgan fingerprint density at radius 2 is 1.76 bits per heavy atom. The summed E-state index contributed by atoms with van der Waals surface area (Å²) >= 11 is 0. The molecule has 1 aromatic rings. The summed E-state index contributed by atoms with van der Waals surface area (Å²) in [7, 11) is 1.92. The van der Waals surface area contributed by atoms with E-state index in [2.05, 4.69) is 32.9 Å². The normalized spacial score (nSPS) is 10.9. The lowest BCUT2D eigenvalue weighted by molar-refractivity contribution is -0.118. The minimum absolute atomic E-state index is 0.274. The van der Waals surface area contributed by atoms with Gasteiger partial charge in [-0.15, -0.1) is 0 Å². The van der Waals surface area contributed by atoms with Crippen molar-refractivity contribution >= 4 is 5.91 Å². The first-order chi connectivity index (χ1) is 7.90. The van der Waals surface area contributed by atoms with Crippen molar-refractivity contribution in [2.75, 3.05) is 20.1 Å². The minimum Gasteiger partial charge on any atom is -0.369 e. The Bertz CT molecular complexity index is 413. The molecule has 0 saturated heterocycles. The number of nitrogens with zero attached hydrogens (tertiary/aromatic N) is 1. The number of rotatable bonds is 5. The number of amides is 1. The molecular formula is C14H22N2O. The number of nitrogens with two attached hydrogens (primary N) is 1. The zero-order chi connectivity index (χ0) is 13.0. The molecule has 1 amide bonds. The van der Waals surface area contributed by atoms with Gasteiger partial charge in [0.05, 0.1) is 6.54 Å². The van der Waals surface area contributed by atoms with E-state index in [0.29, 0.717) is 6.54 Å². The fourth-order valence-corrected chi connectivity index (χ4v) is 1.95. The van der Waals surface area contributed by atoms with Gasteiger partial charge in [0.1, 0.15) is 0 Å². The first-order valence-corrected chi connectivity index (χ1v) is 5.93. The Morgan fingerprint density at radius 3 is 2.35 bits per heavy atom. The van der Waals surface area contributed by atoms with Crippen LogP contribution in [0.25, 0.3) is 0 Å². The summed E-state index contributed by atoms with van der Waals surface area (Å²) in [4.78, 5) is 12.7. The van der Waals surface area contributed by atoms with Crippen molar-refractivity contribution in [1.82, 2.24) is 4.90 Å². The summed E-state index contributed by atoms with van der Waals surface area (Å²) in [5.41, 5.74) is 10.5. The average Bonchev–Trinajstić information content (AvgIpc) is 2.20. The third-order valence-corrected chi connectivity index (χ3v) is 3.14. The minimum atomic E-state index is -0.274. The van der Waals surface area contributed by atoms with Crippen molar-refractivity contribution in [2.24, 2.45) is 5.73 Å². The van der Waals surface area contributed by atoms with Gasteiger partial charge in [-0.1, -0.05) is 12.1 Å². The van der Waals surface area contributed by atoms with Crippen LogP contribution in [-0.4, -0.2) is 30.9 Å². The number of carbonyl (C=O) groups is 1. The second-order valence-corrected chi connectivity index (χ2v) is 4.82. The van der Waals surface area contributed by atoms with E-state index in [9.17, 15) is 4.79 Å². The zero-order valence-electron chi connectivity index (χ0n) is 11.2. The van der Waals surface area contributed by atoms with Gasteiger partial charge in [0.2, 0.25) is 5.91 Å². The second-order valence-electron chi connectivity index (χ2n) is 4.82. The number of aryl methyl sites for hydroxylation is 3. The molecule has 0 fully saturated rings. The Labute approximate surface area is 104 Å². The molecule has 1 rings (SSSR count). The van der Waals surface area contributed by atoms with Gasteiger partial charge in [-0.2, -0.15) is 0 Å². The Morgan fingerprint density at radius 1 is 1.18 bits per heavy atom. The first kappa shape index (κ1) is 13.7. The standard InChI is InChI=1S/C14H22N2O/c1-10-7-12(3)13(8-11(10)2)5-6-16(4)9-14(15)17/h7-8H,5-6,9H2,1-4H3,(H2,15,17). The number of likely N-dealkylation sites (N-methyl/N-ethyl adjacent to an activating group) is 1. The van der Waals surface area contributed by atoms with E-state index in [0.717, 1.165) is 13.0 Å². The topological polar surface area (TPSA) is 46.3 Å². The fraction of sp³-hybridized carbons (Fsp3) is 0.500.